The van der Waals surface area contributed by atoms with Crippen molar-refractivity contribution in [3.8, 4) is 5.75 Å². The molecule has 0 spiro atoms. The molecular weight excluding hydrogens is 240 g/mol. The number of nitrogens with one attached hydrogen (secondary N) is 1. The SMILES string of the molecule is NC(=O)C1C=C(C2CCNCC2)c2ccccc2O1. The molecule has 0 radical (unpaired) electrons. The van der Waals surface area contributed by atoms with Crippen LogP contribution in [0.1, 0.15) is 18.4 Å². The number of benzene rings is 1. The molecule has 0 saturated carbocycles. The minimum Gasteiger partial charge on any atom is -0.476 e. The number of primary amides is 1. The summed E-state index contributed by atoms with van der Waals surface area (Å²) in [6.07, 6.45) is 3.44. The molecule has 4 nitrogen and oxygen atoms in total. The van der Waals surface area contributed by atoms with Crippen LogP contribution < -0.4 is 15.8 Å². The van der Waals surface area contributed by atoms with Crippen LogP contribution in [0.5, 0.6) is 5.75 Å². The predicted octanol–water partition coefficient (Wildman–Crippen LogP) is 1.32. The van der Waals surface area contributed by atoms with Crippen molar-refractivity contribution in [2.75, 3.05) is 13.1 Å². The Hall–Kier alpha value is -1.81. The van der Waals surface area contributed by atoms with E-state index in [9.17, 15) is 4.79 Å². The minimum absolute atomic E-state index is 0.430. The maximum atomic E-state index is 11.4. The van der Waals surface area contributed by atoms with Gasteiger partial charge in [-0.25, -0.2) is 0 Å². The molecule has 2 heterocycles. The van der Waals surface area contributed by atoms with E-state index in [4.69, 9.17) is 10.5 Å². The summed E-state index contributed by atoms with van der Waals surface area (Å²) >= 11 is 0. The Bertz CT molecular complexity index is 519. The van der Waals surface area contributed by atoms with Crippen LogP contribution >= 0.6 is 0 Å². The van der Waals surface area contributed by atoms with Gasteiger partial charge in [0.15, 0.2) is 6.10 Å². The first-order chi connectivity index (χ1) is 9.25. The van der Waals surface area contributed by atoms with Gasteiger partial charge in [0, 0.05) is 5.56 Å². The second-order valence-electron chi connectivity index (χ2n) is 5.08. The van der Waals surface area contributed by atoms with Gasteiger partial charge < -0.3 is 15.8 Å². The maximum absolute atomic E-state index is 11.4. The number of piperidine rings is 1. The molecule has 2 aliphatic rings. The second kappa shape index (κ2) is 5.05. The fraction of sp³-hybridized carbons (Fsp3) is 0.400. The van der Waals surface area contributed by atoms with Crippen molar-refractivity contribution in [3.63, 3.8) is 0 Å². The number of nitrogens with two attached hydrogens (primary N) is 1. The van der Waals surface area contributed by atoms with E-state index in [1.807, 2.05) is 24.3 Å². The third kappa shape index (κ3) is 2.36. The van der Waals surface area contributed by atoms with Gasteiger partial charge in [-0.1, -0.05) is 18.2 Å². The number of amides is 1. The van der Waals surface area contributed by atoms with Crippen molar-refractivity contribution in [3.05, 3.63) is 35.9 Å². The first-order valence-corrected chi connectivity index (χ1v) is 6.73. The molecule has 1 aromatic carbocycles. The molecule has 1 fully saturated rings. The van der Waals surface area contributed by atoms with Crippen LogP contribution in [0.3, 0.4) is 0 Å². The van der Waals surface area contributed by atoms with Gasteiger partial charge in [-0.2, -0.15) is 0 Å². The summed E-state index contributed by atoms with van der Waals surface area (Å²) < 4.78 is 5.65. The number of carbonyl (C=O) groups excluding carboxylic acids is 1. The number of hydrogen-bond acceptors (Lipinski definition) is 3. The third-order valence-corrected chi connectivity index (χ3v) is 3.84. The number of hydrogen-bond donors (Lipinski definition) is 2. The topological polar surface area (TPSA) is 64.4 Å². The van der Waals surface area contributed by atoms with E-state index in [0.29, 0.717) is 5.92 Å². The quantitative estimate of drug-likeness (QED) is 0.840. The lowest BCUT2D eigenvalue weighted by Gasteiger charge is -2.31. The van der Waals surface area contributed by atoms with Crippen LogP contribution in [0, 0.1) is 5.92 Å². The Labute approximate surface area is 112 Å². The molecule has 2 aliphatic heterocycles. The number of rotatable bonds is 2. The summed E-state index contributed by atoms with van der Waals surface area (Å²) in [5.74, 6) is 0.816. The summed E-state index contributed by atoms with van der Waals surface area (Å²) in [5.41, 5.74) is 7.71. The van der Waals surface area contributed by atoms with Gasteiger partial charge in [0.1, 0.15) is 5.75 Å². The van der Waals surface area contributed by atoms with E-state index in [2.05, 4.69) is 11.4 Å². The van der Waals surface area contributed by atoms with Gasteiger partial charge >= 0.3 is 0 Å². The lowest BCUT2D eigenvalue weighted by atomic mass is 9.83. The third-order valence-electron chi connectivity index (χ3n) is 3.84. The van der Waals surface area contributed by atoms with E-state index in [1.54, 1.807) is 0 Å². The van der Waals surface area contributed by atoms with Crippen molar-refractivity contribution in [1.29, 1.82) is 0 Å². The Kier molecular flexibility index (Phi) is 3.25. The van der Waals surface area contributed by atoms with Crippen molar-refractivity contribution in [2.24, 2.45) is 11.7 Å². The summed E-state index contributed by atoms with van der Waals surface area (Å²) in [6.45, 7) is 2.04. The van der Waals surface area contributed by atoms with Gasteiger partial charge in [0.25, 0.3) is 5.91 Å². The molecular formula is C15H18N2O2. The predicted molar refractivity (Wildman–Crippen MR) is 73.6 cm³/mol. The minimum atomic E-state index is -0.639. The highest BCUT2D eigenvalue weighted by atomic mass is 16.5. The highest BCUT2D eigenvalue weighted by Crippen LogP contribution is 2.38. The standard InChI is InChI=1S/C15H18N2O2/c16-15(18)14-9-12(10-5-7-17-8-6-10)11-3-1-2-4-13(11)19-14/h1-4,9-10,14,17H,5-8H2,(H2,16,18). The van der Waals surface area contributed by atoms with Crippen LogP contribution in [0.15, 0.2) is 30.3 Å². The molecule has 3 N–H and O–H groups in total. The molecule has 1 saturated heterocycles. The molecule has 100 valence electrons. The average molecular weight is 258 g/mol. The Morgan fingerprint density at radius 3 is 2.74 bits per heavy atom. The molecule has 1 unspecified atom stereocenters. The number of carbonyl (C=O) groups is 1. The van der Waals surface area contributed by atoms with E-state index >= 15 is 0 Å². The van der Waals surface area contributed by atoms with E-state index in [1.165, 1.54) is 5.57 Å². The van der Waals surface area contributed by atoms with Gasteiger partial charge in [0.2, 0.25) is 0 Å². The molecule has 0 aliphatic carbocycles. The Balaban J connectivity index is 1.99. The highest BCUT2D eigenvalue weighted by molar-refractivity contribution is 5.87. The Morgan fingerprint density at radius 2 is 2.00 bits per heavy atom. The molecule has 4 heteroatoms. The number of fused-ring (bicyclic) bond motifs is 1. The van der Waals surface area contributed by atoms with Gasteiger partial charge in [-0.3, -0.25) is 4.79 Å². The molecule has 3 rings (SSSR count). The van der Waals surface area contributed by atoms with Crippen LogP contribution in [0.25, 0.3) is 5.57 Å². The van der Waals surface area contributed by atoms with Crippen molar-refractivity contribution in [1.82, 2.24) is 5.32 Å². The van der Waals surface area contributed by atoms with E-state index < -0.39 is 12.0 Å². The fourth-order valence-corrected chi connectivity index (χ4v) is 2.86. The number of ether oxygens (including phenoxy) is 1. The largest absolute Gasteiger partial charge is 0.476 e. The first-order valence-electron chi connectivity index (χ1n) is 6.73. The average Bonchev–Trinajstić information content (AvgIpc) is 2.47. The monoisotopic (exact) mass is 258 g/mol. The van der Waals surface area contributed by atoms with Crippen LogP contribution in [0.4, 0.5) is 0 Å². The number of allylic oxidation sites excluding steroid dienone is 1. The summed E-state index contributed by atoms with van der Waals surface area (Å²) in [4.78, 5) is 11.4. The normalized spacial score (nSPS) is 23.2. The molecule has 1 atom stereocenters. The Morgan fingerprint density at radius 1 is 1.26 bits per heavy atom. The van der Waals surface area contributed by atoms with Crippen LogP contribution in [0.2, 0.25) is 0 Å². The zero-order valence-electron chi connectivity index (χ0n) is 10.8. The van der Waals surface area contributed by atoms with Gasteiger partial charge in [-0.05, 0) is 49.6 Å². The second-order valence-corrected chi connectivity index (χ2v) is 5.08. The van der Waals surface area contributed by atoms with Crippen molar-refractivity contribution in [2.45, 2.75) is 18.9 Å². The summed E-state index contributed by atoms with van der Waals surface area (Å²) in [5, 5.41) is 3.36. The van der Waals surface area contributed by atoms with Crippen molar-refractivity contribution >= 4 is 11.5 Å². The first kappa shape index (κ1) is 12.2. The lowest BCUT2D eigenvalue weighted by Crippen LogP contribution is -2.36. The molecule has 19 heavy (non-hydrogen) atoms. The zero-order chi connectivity index (χ0) is 13.2. The van der Waals surface area contributed by atoms with Gasteiger partial charge in [-0.15, -0.1) is 0 Å². The zero-order valence-corrected chi connectivity index (χ0v) is 10.8. The lowest BCUT2D eigenvalue weighted by molar-refractivity contribution is -0.122. The van der Waals surface area contributed by atoms with E-state index in [-0.39, 0.29) is 0 Å². The van der Waals surface area contributed by atoms with Gasteiger partial charge in [0.05, 0.1) is 0 Å². The molecule has 1 aromatic rings. The van der Waals surface area contributed by atoms with Crippen LogP contribution in [-0.4, -0.2) is 25.1 Å². The fourth-order valence-electron chi connectivity index (χ4n) is 2.86. The molecule has 0 aromatic heterocycles. The number of para-hydroxylation sites is 1. The summed E-state index contributed by atoms with van der Waals surface area (Å²) in [7, 11) is 0. The molecule has 0 bridgehead atoms. The molecule has 1 amide bonds. The smallest absolute Gasteiger partial charge is 0.262 e. The van der Waals surface area contributed by atoms with Crippen molar-refractivity contribution < 1.29 is 9.53 Å². The maximum Gasteiger partial charge on any atom is 0.262 e. The van der Waals surface area contributed by atoms with Crippen LogP contribution in [-0.2, 0) is 4.79 Å². The summed E-state index contributed by atoms with van der Waals surface area (Å²) in [6, 6.07) is 7.88. The van der Waals surface area contributed by atoms with E-state index in [0.717, 1.165) is 37.2 Å². The highest BCUT2D eigenvalue weighted by Gasteiger charge is 2.28.